The van der Waals surface area contributed by atoms with Gasteiger partial charge in [0.05, 0.1) is 36.9 Å². The Morgan fingerprint density at radius 1 is 0.943 bits per heavy atom. The van der Waals surface area contributed by atoms with Crippen molar-refractivity contribution in [3.8, 4) is 45.5 Å². The summed E-state index contributed by atoms with van der Waals surface area (Å²) in [4.78, 5) is 7.74. The van der Waals surface area contributed by atoms with Crippen LogP contribution in [0, 0.1) is 0 Å². The molecule has 0 spiro atoms. The van der Waals surface area contributed by atoms with Gasteiger partial charge in [-0.1, -0.05) is 30.3 Å². The molecule has 4 N–H and O–H groups in total. The monoisotopic (exact) mass is 476 g/mol. The maximum atomic E-state index is 10.2. The Labute approximate surface area is 200 Å². The number of methoxy groups -OCH3 is 1. The van der Waals surface area contributed by atoms with Gasteiger partial charge in [0, 0.05) is 11.6 Å². The molecule has 2 fully saturated rings. The summed E-state index contributed by atoms with van der Waals surface area (Å²) in [7, 11) is 1.60. The predicted octanol–water partition coefficient (Wildman–Crippen LogP) is 3.22. The van der Waals surface area contributed by atoms with Gasteiger partial charge in [-0.2, -0.15) is 4.98 Å². The quantitative estimate of drug-likeness (QED) is 0.346. The van der Waals surface area contributed by atoms with Gasteiger partial charge in [-0.05, 0) is 29.3 Å². The number of phenolic OH excluding ortho intramolecular Hbond substituents is 2. The molecule has 2 aliphatic rings. The molecule has 0 aliphatic carbocycles. The van der Waals surface area contributed by atoms with Crippen LogP contribution in [0.25, 0.3) is 33.3 Å². The zero-order valence-corrected chi connectivity index (χ0v) is 18.8. The Bertz CT molecular complexity index is 1360. The lowest BCUT2D eigenvalue weighted by Crippen LogP contribution is -2.34. The van der Waals surface area contributed by atoms with Crippen LogP contribution < -0.4 is 9.47 Å². The predicted molar refractivity (Wildman–Crippen MR) is 127 cm³/mol. The lowest BCUT2D eigenvalue weighted by atomic mass is 9.98. The van der Waals surface area contributed by atoms with Gasteiger partial charge >= 0.3 is 0 Å². The van der Waals surface area contributed by atoms with E-state index in [0.29, 0.717) is 35.0 Å². The number of aromatic hydroxyl groups is 2. The molecular formula is C26H24N2O7. The van der Waals surface area contributed by atoms with Crippen LogP contribution in [-0.2, 0) is 9.47 Å². The molecule has 0 amide bonds. The molecule has 180 valence electrons. The topological polar surface area (TPSA) is 126 Å². The second kappa shape index (κ2) is 8.46. The number of aromatic nitrogens is 2. The van der Waals surface area contributed by atoms with E-state index in [1.807, 2.05) is 36.4 Å². The summed E-state index contributed by atoms with van der Waals surface area (Å²) in [6.45, 7) is 0.551. The third-order valence-corrected chi connectivity index (χ3v) is 6.53. The molecule has 3 aromatic carbocycles. The molecule has 9 nitrogen and oxygen atoms in total. The Hall–Kier alpha value is -3.79. The fraction of sp³-hybridized carbons (Fsp3) is 0.269. The number of phenols is 2. The number of H-pyrrole nitrogens is 1. The number of hydrogen-bond donors (Lipinski definition) is 4. The number of aromatic amines is 1. The molecule has 2 aliphatic heterocycles. The lowest BCUT2D eigenvalue weighted by molar-refractivity contribution is 0.00706. The first-order valence-corrected chi connectivity index (χ1v) is 11.3. The van der Waals surface area contributed by atoms with Crippen molar-refractivity contribution in [2.45, 2.75) is 24.4 Å². The molecule has 9 heteroatoms. The van der Waals surface area contributed by atoms with Crippen molar-refractivity contribution in [2.75, 3.05) is 20.3 Å². The zero-order valence-electron chi connectivity index (χ0n) is 18.8. The molecule has 3 heterocycles. The van der Waals surface area contributed by atoms with E-state index in [9.17, 15) is 15.3 Å². The van der Waals surface area contributed by atoms with Crippen molar-refractivity contribution >= 4 is 11.0 Å². The first kappa shape index (κ1) is 21.7. The second-order valence-corrected chi connectivity index (χ2v) is 8.68. The minimum absolute atomic E-state index is 0.0123. The molecule has 1 unspecified atom stereocenters. The van der Waals surface area contributed by atoms with Gasteiger partial charge in [-0.25, -0.2) is 0 Å². The fourth-order valence-electron chi connectivity index (χ4n) is 4.79. The molecular weight excluding hydrogens is 452 g/mol. The standard InChI is InChI=1S/C26H24N2O7/c1-32-21-10-17-16(27-26(28-17)35-22-12-34-24-20(31)11-33-25(22)24)9-15(21)13-5-7-14(8-6-13)23-18(29)3-2-4-19(23)30/h2-10,20,22,24-25,29-31H,11-12H2,1H3,(H,27,28)/t20?,22-,24-,25-/m1/s1. The van der Waals surface area contributed by atoms with E-state index < -0.39 is 6.10 Å². The number of imidazole rings is 1. The third kappa shape index (κ3) is 3.74. The van der Waals surface area contributed by atoms with Gasteiger partial charge in [-0.3, -0.25) is 0 Å². The highest BCUT2D eigenvalue weighted by atomic mass is 16.6. The van der Waals surface area contributed by atoms with Crippen molar-refractivity contribution < 1.29 is 34.3 Å². The van der Waals surface area contributed by atoms with Crippen molar-refractivity contribution in [2.24, 2.45) is 0 Å². The van der Waals surface area contributed by atoms with Crippen LogP contribution in [0.4, 0.5) is 0 Å². The molecule has 4 atom stereocenters. The van der Waals surface area contributed by atoms with E-state index in [0.717, 1.165) is 16.6 Å². The molecule has 0 bridgehead atoms. The summed E-state index contributed by atoms with van der Waals surface area (Å²) in [5.41, 5.74) is 4.25. The molecule has 4 aromatic rings. The summed E-state index contributed by atoms with van der Waals surface area (Å²) in [5, 5.41) is 30.3. The zero-order chi connectivity index (χ0) is 24.1. The first-order chi connectivity index (χ1) is 17.0. The highest BCUT2D eigenvalue weighted by Crippen LogP contribution is 2.39. The minimum atomic E-state index is -0.641. The minimum Gasteiger partial charge on any atom is -0.507 e. The van der Waals surface area contributed by atoms with Crippen molar-refractivity contribution in [3.05, 3.63) is 54.6 Å². The van der Waals surface area contributed by atoms with Crippen LogP contribution >= 0.6 is 0 Å². The summed E-state index contributed by atoms with van der Waals surface area (Å²) in [6.07, 6.45) is -1.71. The van der Waals surface area contributed by atoms with Crippen LogP contribution in [0.5, 0.6) is 23.3 Å². The van der Waals surface area contributed by atoms with E-state index in [1.54, 1.807) is 13.2 Å². The average molecular weight is 476 g/mol. The summed E-state index contributed by atoms with van der Waals surface area (Å²) >= 11 is 0. The summed E-state index contributed by atoms with van der Waals surface area (Å²) in [5.74, 6) is 0.664. The smallest absolute Gasteiger partial charge is 0.295 e. The maximum absolute atomic E-state index is 10.2. The number of rotatable bonds is 5. The van der Waals surface area contributed by atoms with Crippen molar-refractivity contribution in [1.29, 1.82) is 0 Å². The lowest BCUT2D eigenvalue weighted by Gasteiger charge is -2.15. The van der Waals surface area contributed by atoms with Gasteiger partial charge in [0.1, 0.15) is 35.6 Å². The Morgan fingerprint density at radius 2 is 1.66 bits per heavy atom. The van der Waals surface area contributed by atoms with Gasteiger partial charge in [0.25, 0.3) is 6.01 Å². The average Bonchev–Trinajstić information content (AvgIpc) is 3.55. The molecule has 2 saturated heterocycles. The number of fused-ring (bicyclic) bond motifs is 2. The number of hydrogen-bond acceptors (Lipinski definition) is 8. The Kier molecular flexibility index (Phi) is 5.25. The van der Waals surface area contributed by atoms with E-state index in [1.165, 1.54) is 12.1 Å². The van der Waals surface area contributed by atoms with E-state index in [4.69, 9.17) is 18.9 Å². The Balaban J connectivity index is 1.30. The van der Waals surface area contributed by atoms with Gasteiger partial charge in [0.2, 0.25) is 0 Å². The third-order valence-electron chi connectivity index (χ3n) is 6.53. The van der Waals surface area contributed by atoms with Crippen LogP contribution in [0.1, 0.15) is 0 Å². The molecule has 6 rings (SSSR count). The number of nitrogens with zero attached hydrogens (tertiary/aromatic N) is 1. The van der Waals surface area contributed by atoms with Crippen LogP contribution in [-0.4, -0.2) is 70.0 Å². The van der Waals surface area contributed by atoms with Gasteiger partial charge in [-0.15, -0.1) is 0 Å². The van der Waals surface area contributed by atoms with E-state index in [2.05, 4.69) is 9.97 Å². The van der Waals surface area contributed by atoms with Gasteiger partial charge < -0.3 is 39.3 Å². The number of aliphatic hydroxyl groups excluding tert-OH is 1. The van der Waals surface area contributed by atoms with Crippen molar-refractivity contribution in [3.63, 3.8) is 0 Å². The highest BCUT2D eigenvalue weighted by molar-refractivity contribution is 5.87. The number of nitrogens with one attached hydrogen (secondary N) is 1. The largest absolute Gasteiger partial charge is 0.507 e. The van der Waals surface area contributed by atoms with E-state index >= 15 is 0 Å². The summed E-state index contributed by atoms with van der Waals surface area (Å²) < 4.78 is 22.9. The Morgan fingerprint density at radius 3 is 2.40 bits per heavy atom. The number of benzene rings is 3. The highest BCUT2D eigenvalue weighted by Gasteiger charge is 2.48. The number of aliphatic hydroxyl groups is 1. The summed E-state index contributed by atoms with van der Waals surface area (Å²) in [6, 6.07) is 16.2. The fourth-order valence-corrected chi connectivity index (χ4v) is 4.79. The van der Waals surface area contributed by atoms with Gasteiger partial charge in [0.15, 0.2) is 6.10 Å². The molecule has 0 radical (unpaired) electrons. The first-order valence-electron chi connectivity index (χ1n) is 11.3. The van der Waals surface area contributed by atoms with Crippen LogP contribution in [0.15, 0.2) is 54.6 Å². The SMILES string of the molecule is COc1cc2nc(O[C@@H]3CO[C@@H]4C(O)CO[C@@H]43)[nH]c2cc1-c1ccc(-c2c(O)cccc2O)cc1. The molecule has 1 aromatic heterocycles. The number of ether oxygens (including phenoxy) is 4. The second-order valence-electron chi connectivity index (χ2n) is 8.68. The van der Waals surface area contributed by atoms with Crippen molar-refractivity contribution in [1.82, 2.24) is 9.97 Å². The van der Waals surface area contributed by atoms with E-state index in [-0.39, 0.29) is 36.4 Å². The van der Waals surface area contributed by atoms with Crippen LogP contribution in [0.3, 0.4) is 0 Å². The normalized spacial score (nSPS) is 23.5. The van der Waals surface area contributed by atoms with Crippen LogP contribution in [0.2, 0.25) is 0 Å². The molecule has 35 heavy (non-hydrogen) atoms. The maximum Gasteiger partial charge on any atom is 0.295 e. The molecule has 0 saturated carbocycles.